The Kier molecular flexibility index (Phi) is 4.63. The van der Waals surface area contributed by atoms with E-state index in [0.29, 0.717) is 18.7 Å². The quantitative estimate of drug-likeness (QED) is 0.490. The molecular formula is C19H18N2O2S2. The molecule has 0 amide bonds. The molecule has 2 heterocycles. The lowest BCUT2D eigenvalue weighted by Crippen LogP contribution is -2.53. The minimum Gasteiger partial charge on any atom is -0.455 e. The number of hydrogen-bond acceptors (Lipinski definition) is 6. The van der Waals surface area contributed by atoms with Crippen molar-refractivity contribution >= 4 is 44.4 Å². The molecule has 0 saturated carbocycles. The molecule has 0 atom stereocenters. The molecule has 0 aliphatic carbocycles. The summed E-state index contributed by atoms with van der Waals surface area (Å²) in [5.41, 5.74) is 1.64. The topological polar surface area (TPSA) is 42.4 Å². The van der Waals surface area contributed by atoms with Gasteiger partial charge in [0.15, 0.2) is 5.13 Å². The van der Waals surface area contributed by atoms with Gasteiger partial charge in [0.2, 0.25) is 0 Å². The van der Waals surface area contributed by atoms with Gasteiger partial charge in [0.1, 0.15) is 6.10 Å². The van der Waals surface area contributed by atoms with Gasteiger partial charge < -0.3 is 9.64 Å². The van der Waals surface area contributed by atoms with Crippen molar-refractivity contribution in [1.29, 1.82) is 0 Å². The summed E-state index contributed by atoms with van der Waals surface area (Å²) < 4.78 is 6.80. The molecule has 0 spiro atoms. The predicted molar refractivity (Wildman–Crippen MR) is 104 cm³/mol. The molecule has 1 fully saturated rings. The number of ether oxygens (including phenoxy) is 1. The number of hydrogen-bond donors (Lipinski definition) is 0. The van der Waals surface area contributed by atoms with Crippen molar-refractivity contribution in [3.05, 3.63) is 54.1 Å². The molecule has 1 aliphatic heterocycles. The number of nitrogens with zero attached hydrogens (tertiary/aromatic N) is 2. The molecule has 1 aliphatic rings. The van der Waals surface area contributed by atoms with Gasteiger partial charge in [0.25, 0.3) is 0 Å². The Morgan fingerprint density at radius 2 is 2.12 bits per heavy atom. The van der Waals surface area contributed by atoms with Crippen LogP contribution in [0.15, 0.2) is 53.4 Å². The first-order chi connectivity index (χ1) is 12.2. The number of rotatable bonds is 5. The Bertz CT molecular complexity index is 870. The zero-order valence-corrected chi connectivity index (χ0v) is 15.5. The SMILES string of the molecule is CCSc1cccc(C(=O)OC2CN(c3nc4ccccc4s3)C2)c1. The van der Waals surface area contributed by atoms with Crippen LogP contribution in [0, 0.1) is 0 Å². The summed E-state index contributed by atoms with van der Waals surface area (Å²) in [5.74, 6) is 0.741. The lowest BCUT2D eigenvalue weighted by atomic mass is 10.2. The molecule has 128 valence electrons. The molecule has 1 aromatic heterocycles. The van der Waals surface area contributed by atoms with Crippen molar-refractivity contribution in [2.45, 2.75) is 17.9 Å². The standard InChI is InChI=1S/C19H18N2O2S2/c1-2-24-15-7-5-6-13(10-15)18(22)23-14-11-21(12-14)19-20-16-8-3-4-9-17(16)25-19/h3-10,14H,2,11-12H2,1H3. The second-order valence-electron chi connectivity index (χ2n) is 5.86. The Hall–Kier alpha value is -2.05. The molecule has 0 unspecified atom stereocenters. The van der Waals surface area contributed by atoms with E-state index < -0.39 is 0 Å². The number of aromatic nitrogens is 1. The molecule has 2 aromatic carbocycles. The van der Waals surface area contributed by atoms with Crippen LogP contribution in [0.1, 0.15) is 17.3 Å². The average molecular weight is 370 g/mol. The number of thiazole rings is 1. The maximum absolute atomic E-state index is 12.3. The molecule has 0 bridgehead atoms. The lowest BCUT2D eigenvalue weighted by molar-refractivity contribution is 0.0234. The largest absolute Gasteiger partial charge is 0.455 e. The van der Waals surface area contributed by atoms with Crippen LogP contribution in [0.4, 0.5) is 5.13 Å². The normalized spacial score (nSPS) is 14.5. The van der Waals surface area contributed by atoms with E-state index in [1.165, 1.54) is 4.70 Å². The summed E-state index contributed by atoms with van der Waals surface area (Å²) in [5, 5.41) is 0.995. The maximum atomic E-state index is 12.3. The van der Waals surface area contributed by atoms with Crippen molar-refractivity contribution in [3.63, 3.8) is 0 Å². The molecule has 4 rings (SSSR count). The van der Waals surface area contributed by atoms with Gasteiger partial charge in [-0.25, -0.2) is 9.78 Å². The fourth-order valence-corrected chi connectivity index (χ4v) is 4.47. The van der Waals surface area contributed by atoms with Gasteiger partial charge in [-0.2, -0.15) is 0 Å². The second-order valence-corrected chi connectivity index (χ2v) is 8.20. The third-order valence-corrected chi connectivity index (χ3v) is 6.03. The van der Waals surface area contributed by atoms with E-state index in [0.717, 1.165) is 21.3 Å². The fourth-order valence-electron chi connectivity index (χ4n) is 2.76. The molecule has 4 nitrogen and oxygen atoms in total. The fraction of sp³-hybridized carbons (Fsp3) is 0.263. The Balaban J connectivity index is 1.36. The van der Waals surface area contributed by atoms with Crippen LogP contribution in [0.3, 0.4) is 0 Å². The summed E-state index contributed by atoms with van der Waals surface area (Å²) in [6, 6.07) is 15.8. The van der Waals surface area contributed by atoms with Crippen LogP contribution in [0.2, 0.25) is 0 Å². The summed E-state index contributed by atoms with van der Waals surface area (Å²) in [7, 11) is 0. The minimum atomic E-state index is -0.243. The first kappa shape index (κ1) is 16.4. The van der Waals surface area contributed by atoms with Gasteiger partial charge in [-0.15, -0.1) is 11.8 Å². The molecular weight excluding hydrogens is 352 g/mol. The van der Waals surface area contributed by atoms with E-state index in [1.807, 2.05) is 42.5 Å². The first-order valence-electron chi connectivity index (χ1n) is 8.27. The van der Waals surface area contributed by atoms with Crippen LogP contribution in [-0.2, 0) is 4.74 Å². The molecule has 1 saturated heterocycles. The summed E-state index contributed by atoms with van der Waals surface area (Å²) in [6.07, 6.45) is -0.0676. The van der Waals surface area contributed by atoms with E-state index in [-0.39, 0.29) is 12.1 Å². The monoisotopic (exact) mass is 370 g/mol. The van der Waals surface area contributed by atoms with Gasteiger partial charge in [-0.3, -0.25) is 0 Å². The minimum absolute atomic E-state index is 0.0676. The van der Waals surface area contributed by atoms with E-state index in [4.69, 9.17) is 4.74 Å². The van der Waals surface area contributed by atoms with Crippen LogP contribution in [0.5, 0.6) is 0 Å². The van der Waals surface area contributed by atoms with Crippen LogP contribution in [-0.4, -0.2) is 35.9 Å². The van der Waals surface area contributed by atoms with Crippen molar-refractivity contribution in [2.24, 2.45) is 0 Å². The van der Waals surface area contributed by atoms with Gasteiger partial charge in [0.05, 0.1) is 28.9 Å². The number of esters is 1. The summed E-state index contributed by atoms with van der Waals surface area (Å²) in [4.78, 5) is 20.2. The number of thioether (sulfide) groups is 1. The smallest absolute Gasteiger partial charge is 0.338 e. The molecule has 0 N–H and O–H groups in total. The Morgan fingerprint density at radius 1 is 1.28 bits per heavy atom. The van der Waals surface area contributed by atoms with E-state index >= 15 is 0 Å². The van der Waals surface area contributed by atoms with Crippen LogP contribution in [0.25, 0.3) is 10.2 Å². The number of fused-ring (bicyclic) bond motifs is 1. The van der Waals surface area contributed by atoms with Crippen LogP contribution < -0.4 is 4.90 Å². The number of para-hydroxylation sites is 1. The zero-order valence-electron chi connectivity index (χ0n) is 13.8. The van der Waals surface area contributed by atoms with Crippen molar-refractivity contribution < 1.29 is 9.53 Å². The van der Waals surface area contributed by atoms with Gasteiger partial charge in [0, 0.05) is 4.90 Å². The highest BCUT2D eigenvalue weighted by molar-refractivity contribution is 7.99. The number of benzene rings is 2. The Labute approximate surface area is 154 Å². The van der Waals surface area contributed by atoms with E-state index in [2.05, 4.69) is 22.9 Å². The highest BCUT2D eigenvalue weighted by Gasteiger charge is 2.32. The lowest BCUT2D eigenvalue weighted by Gasteiger charge is -2.38. The third kappa shape index (κ3) is 3.50. The maximum Gasteiger partial charge on any atom is 0.338 e. The van der Waals surface area contributed by atoms with Crippen molar-refractivity contribution in [3.8, 4) is 0 Å². The number of carbonyl (C=O) groups is 1. The van der Waals surface area contributed by atoms with Gasteiger partial charge in [-0.05, 0) is 36.1 Å². The van der Waals surface area contributed by atoms with Crippen molar-refractivity contribution in [1.82, 2.24) is 4.98 Å². The third-order valence-electron chi connectivity index (χ3n) is 4.06. The predicted octanol–water partition coefficient (Wildman–Crippen LogP) is 4.45. The van der Waals surface area contributed by atoms with Crippen molar-refractivity contribution in [2.75, 3.05) is 23.7 Å². The molecule has 3 aromatic rings. The number of anilines is 1. The Morgan fingerprint density at radius 3 is 2.92 bits per heavy atom. The van der Waals surface area contributed by atoms with E-state index in [9.17, 15) is 4.79 Å². The zero-order chi connectivity index (χ0) is 17.2. The summed E-state index contributed by atoms with van der Waals surface area (Å²) >= 11 is 3.40. The van der Waals surface area contributed by atoms with E-state index in [1.54, 1.807) is 23.1 Å². The second kappa shape index (κ2) is 7.06. The van der Waals surface area contributed by atoms with Gasteiger partial charge in [-0.1, -0.05) is 36.5 Å². The first-order valence-corrected chi connectivity index (χ1v) is 10.1. The highest BCUT2D eigenvalue weighted by Crippen LogP contribution is 2.32. The molecule has 6 heteroatoms. The summed E-state index contributed by atoms with van der Waals surface area (Å²) in [6.45, 7) is 3.50. The molecule has 25 heavy (non-hydrogen) atoms. The van der Waals surface area contributed by atoms with Crippen LogP contribution >= 0.6 is 23.1 Å². The average Bonchev–Trinajstić information content (AvgIpc) is 3.01. The number of carbonyl (C=O) groups excluding carboxylic acids is 1. The van der Waals surface area contributed by atoms with Gasteiger partial charge >= 0.3 is 5.97 Å². The molecule has 0 radical (unpaired) electrons. The highest BCUT2D eigenvalue weighted by atomic mass is 32.2.